The van der Waals surface area contributed by atoms with E-state index < -0.39 is 0 Å². The predicted molar refractivity (Wildman–Crippen MR) is 84.6 cm³/mol. The fraction of sp³-hybridized carbons (Fsp3) is 0.0833. The van der Waals surface area contributed by atoms with Gasteiger partial charge in [-0.05, 0) is 34.7 Å². The van der Waals surface area contributed by atoms with Crippen molar-refractivity contribution in [3.8, 4) is 5.69 Å². The first-order valence-electron chi connectivity index (χ1n) is 6.18. The molecule has 0 aliphatic carbocycles. The molecule has 0 saturated heterocycles. The van der Waals surface area contributed by atoms with Crippen molar-refractivity contribution in [3.63, 3.8) is 0 Å². The van der Waals surface area contributed by atoms with E-state index in [0.717, 1.165) is 5.69 Å². The first-order valence-corrected chi connectivity index (χ1v) is 7.54. The van der Waals surface area contributed by atoms with Crippen molar-refractivity contribution in [2.45, 2.75) is 10.9 Å². The van der Waals surface area contributed by atoms with Crippen molar-refractivity contribution < 1.29 is 0 Å². The van der Waals surface area contributed by atoms with E-state index in [0.29, 0.717) is 33.4 Å². The summed E-state index contributed by atoms with van der Waals surface area (Å²) in [6.07, 6.45) is 0. The van der Waals surface area contributed by atoms with Crippen LogP contribution in [0.2, 0.25) is 5.02 Å². The summed E-state index contributed by atoms with van der Waals surface area (Å²) in [4.78, 5) is 8.20. The van der Waals surface area contributed by atoms with Crippen molar-refractivity contribution >= 4 is 35.0 Å². The van der Waals surface area contributed by atoms with Gasteiger partial charge in [-0.3, -0.25) is 0 Å². The summed E-state index contributed by atoms with van der Waals surface area (Å²) >= 11 is 7.23. The number of nitrogen functional groups attached to an aromatic ring is 2. The lowest BCUT2D eigenvalue weighted by Crippen LogP contribution is -2.03. The van der Waals surface area contributed by atoms with Crippen LogP contribution < -0.4 is 11.5 Å². The van der Waals surface area contributed by atoms with Gasteiger partial charge in [0, 0.05) is 11.1 Å². The summed E-state index contributed by atoms with van der Waals surface area (Å²) in [5.41, 5.74) is 12.1. The van der Waals surface area contributed by atoms with E-state index in [1.54, 1.807) is 16.8 Å². The molecule has 10 heteroatoms. The summed E-state index contributed by atoms with van der Waals surface area (Å²) in [6, 6.07) is 8.72. The molecule has 0 fully saturated rings. The number of aromatic nitrogens is 6. The highest BCUT2D eigenvalue weighted by atomic mass is 35.5. The highest BCUT2D eigenvalue weighted by molar-refractivity contribution is 7.98. The van der Waals surface area contributed by atoms with Gasteiger partial charge in [0.05, 0.1) is 11.4 Å². The van der Waals surface area contributed by atoms with Gasteiger partial charge in [-0.15, -0.1) is 5.10 Å². The maximum absolute atomic E-state index is 5.88. The molecule has 0 saturated carbocycles. The summed E-state index contributed by atoms with van der Waals surface area (Å²) in [6.45, 7) is 0. The van der Waals surface area contributed by atoms with Crippen LogP contribution in [-0.2, 0) is 5.75 Å². The molecule has 0 bridgehead atoms. The topological polar surface area (TPSA) is 121 Å². The van der Waals surface area contributed by atoms with Crippen LogP contribution in [0.5, 0.6) is 0 Å². The number of nitrogens with zero attached hydrogens (tertiary/aromatic N) is 6. The summed E-state index contributed by atoms with van der Waals surface area (Å²) in [5.74, 6) is 1.77. The highest BCUT2D eigenvalue weighted by Gasteiger charge is 2.10. The van der Waals surface area contributed by atoms with Crippen molar-refractivity contribution in [2.75, 3.05) is 11.5 Å². The van der Waals surface area contributed by atoms with E-state index in [2.05, 4.69) is 25.5 Å². The van der Waals surface area contributed by atoms with Gasteiger partial charge >= 0.3 is 0 Å². The molecule has 8 nitrogen and oxygen atoms in total. The van der Waals surface area contributed by atoms with E-state index in [1.807, 2.05) is 12.1 Å². The number of tetrazole rings is 1. The van der Waals surface area contributed by atoms with Gasteiger partial charge in [-0.1, -0.05) is 23.4 Å². The molecule has 0 amide bonds. The minimum atomic E-state index is 0.326. The van der Waals surface area contributed by atoms with Gasteiger partial charge in [-0.2, -0.15) is 4.68 Å². The van der Waals surface area contributed by atoms with E-state index in [-0.39, 0.29) is 0 Å². The second-order valence-corrected chi connectivity index (χ2v) is 5.65. The van der Waals surface area contributed by atoms with Crippen LogP contribution in [0.1, 0.15) is 5.82 Å². The summed E-state index contributed by atoms with van der Waals surface area (Å²) in [7, 11) is 0. The maximum atomic E-state index is 5.88. The van der Waals surface area contributed by atoms with E-state index in [1.165, 1.54) is 17.8 Å². The zero-order valence-electron chi connectivity index (χ0n) is 11.2. The molecule has 2 heterocycles. The van der Waals surface area contributed by atoms with Crippen molar-refractivity contribution in [1.29, 1.82) is 0 Å². The lowest BCUT2D eigenvalue weighted by atomic mass is 10.3. The lowest BCUT2D eigenvalue weighted by molar-refractivity contribution is 0.777. The fourth-order valence-electron chi connectivity index (χ4n) is 1.73. The Hall–Kier alpha value is -2.39. The monoisotopic (exact) mass is 334 g/mol. The normalized spacial score (nSPS) is 10.8. The number of nitrogens with two attached hydrogens (primary N) is 2. The Kier molecular flexibility index (Phi) is 4.07. The molecule has 1 aromatic carbocycles. The van der Waals surface area contributed by atoms with Gasteiger partial charge in [0.15, 0.2) is 11.0 Å². The quantitative estimate of drug-likeness (QED) is 0.544. The Balaban J connectivity index is 1.79. The predicted octanol–water partition coefficient (Wildman–Crippen LogP) is 1.56. The van der Waals surface area contributed by atoms with Crippen LogP contribution in [0.3, 0.4) is 0 Å². The smallest absolute Gasteiger partial charge is 0.191 e. The molecule has 0 radical (unpaired) electrons. The zero-order valence-corrected chi connectivity index (χ0v) is 12.8. The number of halogens is 1. The third-order valence-electron chi connectivity index (χ3n) is 2.68. The third-order valence-corrected chi connectivity index (χ3v) is 3.78. The third kappa shape index (κ3) is 3.26. The maximum Gasteiger partial charge on any atom is 0.191 e. The number of thioether (sulfide) groups is 1. The van der Waals surface area contributed by atoms with Gasteiger partial charge in [-0.25, -0.2) is 9.97 Å². The number of anilines is 2. The van der Waals surface area contributed by atoms with Crippen LogP contribution in [0.25, 0.3) is 5.69 Å². The molecular weight excluding hydrogens is 324 g/mol. The van der Waals surface area contributed by atoms with Gasteiger partial charge in [0.25, 0.3) is 0 Å². The SMILES string of the molecule is Nc1cc(N)nc(SCc2nnnn2-c2ccc(Cl)cc2)n1. The Bertz CT molecular complexity index is 768. The van der Waals surface area contributed by atoms with E-state index >= 15 is 0 Å². The average Bonchev–Trinajstić information content (AvgIpc) is 2.93. The molecule has 3 aromatic rings. The largest absolute Gasteiger partial charge is 0.383 e. The molecular formula is C12H11ClN8S. The molecule has 2 aromatic heterocycles. The molecule has 4 N–H and O–H groups in total. The van der Waals surface area contributed by atoms with Gasteiger partial charge < -0.3 is 11.5 Å². The Morgan fingerprint density at radius 2 is 1.77 bits per heavy atom. The Morgan fingerprint density at radius 3 is 2.45 bits per heavy atom. The van der Waals surface area contributed by atoms with E-state index in [4.69, 9.17) is 23.1 Å². The molecule has 0 unspecified atom stereocenters. The average molecular weight is 335 g/mol. The molecule has 0 spiro atoms. The Morgan fingerprint density at radius 1 is 1.09 bits per heavy atom. The number of hydrogen-bond donors (Lipinski definition) is 2. The zero-order chi connectivity index (χ0) is 15.5. The first-order chi connectivity index (χ1) is 10.6. The Labute approximate surface area is 134 Å². The van der Waals surface area contributed by atoms with Gasteiger partial charge in [0.2, 0.25) is 0 Å². The molecule has 0 aliphatic heterocycles. The van der Waals surface area contributed by atoms with Crippen LogP contribution in [0, 0.1) is 0 Å². The first kappa shape index (κ1) is 14.5. The fourth-order valence-corrected chi connectivity index (χ4v) is 2.64. The second-order valence-electron chi connectivity index (χ2n) is 4.27. The molecule has 0 atom stereocenters. The number of benzene rings is 1. The molecule has 0 aliphatic rings. The van der Waals surface area contributed by atoms with Crippen molar-refractivity contribution in [3.05, 3.63) is 41.2 Å². The standard InChI is InChI=1S/C12H11ClN8S/c13-7-1-3-8(4-2-7)21-11(18-19-20-21)6-22-12-16-9(14)5-10(15)17-12/h1-5H,6H2,(H4,14,15,16,17). The molecule has 112 valence electrons. The van der Waals surface area contributed by atoms with E-state index in [9.17, 15) is 0 Å². The minimum absolute atomic E-state index is 0.326. The summed E-state index contributed by atoms with van der Waals surface area (Å²) in [5, 5.41) is 12.8. The number of rotatable bonds is 4. The highest BCUT2D eigenvalue weighted by Crippen LogP contribution is 2.21. The van der Waals surface area contributed by atoms with Crippen molar-refractivity contribution in [2.24, 2.45) is 0 Å². The van der Waals surface area contributed by atoms with Crippen LogP contribution in [0.15, 0.2) is 35.5 Å². The van der Waals surface area contributed by atoms with Crippen molar-refractivity contribution in [1.82, 2.24) is 30.2 Å². The minimum Gasteiger partial charge on any atom is -0.383 e. The van der Waals surface area contributed by atoms with Gasteiger partial charge in [0.1, 0.15) is 11.6 Å². The molecule has 3 rings (SSSR count). The second kappa shape index (κ2) is 6.16. The van der Waals surface area contributed by atoms with Crippen LogP contribution >= 0.6 is 23.4 Å². The van der Waals surface area contributed by atoms with Crippen LogP contribution in [-0.4, -0.2) is 30.2 Å². The summed E-state index contributed by atoms with van der Waals surface area (Å²) < 4.78 is 1.62. The lowest BCUT2D eigenvalue weighted by Gasteiger charge is -2.05. The van der Waals surface area contributed by atoms with Crippen LogP contribution in [0.4, 0.5) is 11.6 Å². The number of hydrogen-bond acceptors (Lipinski definition) is 8. The molecule has 22 heavy (non-hydrogen) atoms.